The summed E-state index contributed by atoms with van der Waals surface area (Å²) in [6, 6.07) is 3.76. The highest BCUT2D eigenvalue weighted by Crippen LogP contribution is 2.13. The average molecular weight is 531 g/mol. The Morgan fingerprint density at radius 1 is 1.22 bits per heavy atom. The Kier molecular flexibility index (Phi) is 12.0. The second-order valence-corrected chi connectivity index (χ2v) is 9.77. The van der Waals surface area contributed by atoms with Gasteiger partial charge in [0.05, 0.1) is 18.7 Å². The van der Waals surface area contributed by atoms with Gasteiger partial charge < -0.3 is 20.7 Å². The molecule has 2 rings (SSSR count). The number of ether oxygens (including phenoxy) is 1. The molecule has 10 nitrogen and oxygen atoms in total. The number of hydrogen-bond donors (Lipinski definition) is 3. The van der Waals surface area contributed by atoms with Gasteiger partial charge in [0.1, 0.15) is 23.5 Å². The Bertz CT molecular complexity index is 1070. The van der Waals surface area contributed by atoms with Gasteiger partial charge in [-0.3, -0.25) is 19.2 Å². The second-order valence-electron chi connectivity index (χ2n) is 8.61. The normalized spacial score (nSPS) is 20.9. The molecule has 37 heavy (non-hydrogen) atoms. The van der Waals surface area contributed by atoms with Gasteiger partial charge in [-0.05, 0) is 37.5 Å². The fourth-order valence-corrected chi connectivity index (χ4v) is 3.96. The van der Waals surface area contributed by atoms with Crippen LogP contribution in [0, 0.1) is 5.92 Å². The lowest BCUT2D eigenvalue weighted by molar-refractivity contribution is -0.153. The highest BCUT2D eigenvalue weighted by atomic mass is 32.2. The fraction of sp³-hybridized carbons (Fsp3) is 0.462. The Morgan fingerprint density at radius 2 is 1.97 bits per heavy atom. The lowest BCUT2D eigenvalue weighted by Crippen LogP contribution is -2.48. The van der Waals surface area contributed by atoms with E-state index in [0.717, 1.165) is 0 Å². The van der Waals surface area contributed by atoms with Gasteiger partial charge in [-0.1, -0.05) is 50.8 Å². The van der Waals surface area contributed by atoms with Crippen LogP contribution in [-0.4, -0.2) is 51.7 Å². The minimum absolute atomic E-state index is 0.0355. The Hall–Kier alpha value is -3.47. The van der Waals surface area contributed by atoms with Crippen molar-refractivity contribution in [3.63, 3.8) is 0 Å². The van der Waals surface area contributed by atoms with Gasteiger partial charge in [0, 0.05) is 12.2 Å². The maximum absolute atomic E-state index is 13.1. The molecule has 2 heterocycles. The van der Waals surface area contributed by atoms with E-state index in [1.807, 2.05) is 0 Å². The average Bonchev–Trinajstić information content (AvgIpc) is 2.87. The van der Waals surface area contributed by atoms with E-state index in [-0.39, 0.29) is 41.3 Å². The molecule has 0 saturated heterocycles. The number of pyridine rings is 1. The highest BCUT2D eigenvalue weighted by molar-refractivity contribution is 8.13. The molecule has 1 aliphatic rings. The van der Waals surface area contributed by atoms with E-state index in [1.54, 1.807) is 52.0 Å². The number of nitrogens with zero attached hydrogens (tertiary/aromatic N) is 1. The number of thioether (sulfide) groups is 1. The summed E-state index contributed by atoms with van der Waals surface area (Å²) in [6.07, 6.45) is 4.78. The maximum atomic E-state index is 13.1. The smallest absolute Gasteiger partial charge is 0.329 e. The van der Waals surface area contributed by atoms with Crippen molar-refractivity contribution < 1.29 is 28.7 Å². The van der Waals surface area contributed by atoms with Crippen molar-refractivity contribution in [3.05, 3.63) is 53.5 Å². The minimum atomic E-state index is -1.02. The number of nitrogens with one attached hydrogen (secondary N) is 3. The topological polar surface area (TPSA) is 144 Å². The zero-order chi connectivity index (χ0) is 27.4. The molecule has 0 aromatic carbocycles. The van der Waals surface area contributed by atoms with Crippen molar-refractivity contribution in [1.29, 1.82) is 0 Å². The van der Waals surface area contributed by atoms with Crippen LogP contribution in [0.1, 0.15) is 63.1 Å². The van der Waals surface area contributed by atoms with Crippen LogP contribution >= 0.6 is 11.8 Å². The molecule has 0 aliphatic carbocycles. The number of rotatable bonds is 6. The van der Waals surface area contributed by atoms with Crippen LogP contribution in [0.3, 0.4) is 0 Å². The molecule has 0 fully saturated rings. The van der Waals surface area contributed by atoms with Gasteiger partial charge in [-0.15, -0.1) is 0 Å². The first-order valence-corrected chi connectivity index (χ1v) is 13.2. The number of esters is 1. The van der Waals surface area contributed by atoms with E-state index in [9.17, 15) is 24.0 Å². The van der Waals surface area contributed by atoms with E-state index >= 15 is 0 Å². The van der Waals surface area contributed by atoms with Crippen LogP contribution in [0.4, 0.5) is 0 Å². The number of carbonyl (C=O) groups excluding carboxylic acids is 5. The third-order valence-electron chi connectivity index (χ3n) is 5.34. The van der Waals surface area contributed by atoms with Crippen molar-refractivity contribution in [3.8, 4) is 0 Å². The second kappa shape index (κ2) is 14.9. The van der Waals surface area contributed by atoms with Crippen LogP contribution in [0.5, 0.6) is 0 Å². The molecule has 3 amide bonds. The van der Waals surface area contributed by atoms with Crippen molar-refractivity contribution in [2.45, 2.75) is 65.6 Å². The third-order valence-corrected chi connectivity index (χ3v) is 6.39. The van der Waals surface area contributed by atoms with Crippen molar-refractivity contribution in [1.82, 2.24) is 20.9 Å². The highest BCUT2D eigenvalue weighted by Gasteiger charge is 2.30. The maximum Gasteiger partial charge on any atom is 0.329 e. The first-order chi connectivity index (χ1) is 17.6. The molecule has 0 spiro atoms. The molecule has 2 bridgehead atoms. The Labute approximate surface area is 221 Å². The summed E-state index contributed by atoms with van der Waals surface area (Å²) in [4.78, 5) is 67.0. The van der Waals surface area contributed by atoms with E-state index in [4.69, 9.17) is 4.74 Å². The summed E-state index contributed by atoms with van der Waals surface area (Å²) in [7, 11) is 0. The minimum Gasteiger partial charge on any atom is -0.456 e. The summed E-state index contributed by atoms with van der Waals surface area (Å²) in [6.45, 7) is 6.93. The molecule has 200 valence electrons. The molecule has 1 aromatic rings. The van der Waals surface area contributed by atoms with Gasteiger partial charge in [0.25, 0.3) is 11.8 Å². The summed E-state index contributed by atoms with van der Waals surface area (Å²) < 4.78 is 5.63. The Morgan fingerprint density at radius 3 is 2.65 bits per heavy atom. The lowest BCUT2D eigenvalue weighted by Gasteiger charge is -2.24. The van der Waals surface area contributed by atoms with Crippen LogP contribution in [0.2, 0.25) is 0 Å². The molecule has 11 heteroatoms. The SMILES string of the molecule is C/C=C1\NC(=O)c2cccc(n2)CNC(=O)C[C@@H](/C=C/CCSC(=O)CC)OC(=O)[C@H](C(C)C)NC1=O. The predicted molar refractivity (Wildman–Crippen MR) is 140 cm³/mol. The lowest BCUT2D eigenvalue weighted by atomic mass is 10.0. The quantitative estimate of drug-likeness (QED) is 0.220. The number of fused-ring (bicyclic) bond motifs is 2. The zero-order valence-corrected chi connectivity index (χ0v) is 22.4. The number of cyclic esters (lactones) is 1. The molecule has 0 radical (unpaired) electrons. The van der Waals surface area contributed by atoms with Crippen LogP contribution < -0.4 is 16.0 Å². The van der Waals surface area contributed by atoms with E-state index in [2.05, 4.69) is 20.9 Å². The van der Waals surface area contributed by atoms with Crippen molar-refractivity contribution >= 4 is 40.6 Å². The summed E-state index contributed by atoms with van der Waals surface area (Å²) in [5.74, 6) is -2.11. The number of aromatic nitrogens is 1. The molecule has 0 saturated carbocycles. The third kappa shape index (κ3) is 9.83. The van der Waals surface area contributed by atoms with E-state index < -0.39 is 29.9 Å². The zero-order valence-electron chi connectivity index (χ0n) is 21.5. The summed E-state index contributed by atoms with van der Waals surface area (Å²) >= 11 is 1.22. The number of amides is 3. The standard InChI is InChI=1S/C26H34N4O6S/c1-5-19-24(33)30-23(16(3)4)26(35)36-18(11-7-8-13-37-22(32)6-2)14-21(31)27-15-17-10-9-12-20(28-17)25(34)29-19/h5,7,9-12,16,18,23H,6,8,13-15H2,1-4H3,(H,27,31)(H,29,34)(H,30,33)/b11-7+,19-5-/t18-,23+/m1/s1. The monoisotopic (exact) mass is 530 g/mol. The Balaban J connectivity index is 2.31. The van der Waals surface area contributed by atoms with E-state index in [1.165, 1.54) is 23.9 Å². The molecule has 2 atom stereocenters. The number of allylic oxidation sites excluding steroid dienone is 2. The first-order valence-electron chi connectivity index (χ1n) is 12.2. The molecular formula is C26H34N4O6S. The van der Waals surface area contributed by atoms with Crippen molar-refractivity contribution in [2.24, 2.45) is 5.92 Å². The first kappa shape index (κ1) is 29.8. The van der Waals surface area contributed by atoms with Crippen LogP contribution in [0.15, 0.2) is 42.1 Å². The van der Waals surface area contributed by atoms with Gasteiger partial charge in [-0.2, -0.15) is 0 Å². The molecular weight excluding hydrogens is 496 g/mol. The summed E-state index contributed by atoms with van der Waals surface area (Å²) in [5, 5.41) is 7.96. The predicted octanol–water partition coefficient (Wildman–Crippen LogP) is 2.40. The number of carbonyl (C=O) groups is 5. The van der Waals surface area contributed by atoms with Gasteiger partial charge in [-0.25, -0.2) is 9.78 Å². The van der Waals surface area contributed by atoms with E-state index in [0.29, 0.717) is 24.3 Å². The van der Waals surface area contributed by atoms with Crippen LogP contribution in [0.25, 0.3) is 0 Å². The molecule has 0 unspecified atom stereocenters. The van der Waals surface area contributed by atoms with Crippen LogP contribution in [-0.2, 0) is 30.5 Å². The van der Waals surface area contributed by atoms with Gasteiger partial charge in [0.2, 0.25) is 5.91 Å². The molecule has 1 aromatic heterocycles. The van der Waals surface area contributed by atoms with Gasteiger partial charge >= 0.3 is 5.97 Å². The molecule has 3 N–H and O–H groups in total. The molecule has 1 aliphatic heterocycles. The van der Waals surface area contributed by atoms with Gasteiger partial charge in [0.15, 0.2) is 5.12 Å². The number of hydrogen-bond acceptors (Lipinski definition) is 8. The largest absolute Gasteiger partial charge is 0.456 e. The van der Waals surface area contributed by atoms with Crippen molar-refractivity contribution in [2.75, 3.05) is 5.75 Å². The fourth-order valence-electron chi connectivity index (χ4n) is 3.27. The summed E-state index contributed by atoms with van der Waals surface area (Å²) in [5.41, 5.74) is 0.485.